The molecule has 1 aromatic carbocycles. The molecule has 3 aromatic rings. The summed E-state index contributed by atoms with van der Waals surface area (Å²) in [6, 6.07) is 9.92. The van der Waals surface area contributed by atoms with Crippen molar-refractivity contribution < 1.29 is 14.3 Å². The molecule has 0 spiro atoms. The molecule has 2 aromatic heterocycles. The Morgan fingerprint density at radius 3 is 2.59 bits per heavy atom. The molecule has 0 radical (unpaired) electrons. The van der Waals surface area contributed by atoms with Crippen molar-refractivity contribution in [1.29, 1.82) is 0 Å². The van der Waals surface area contributed by atoms with Crippen LogP contribution in [-0.4, -0.2) is 40.5 Å². The number of amides is 1. The number of esters is 1. The Morgan fingerprint density at radius 1 is 1.15 bits per heavy atom. The third-order valence-electron chi connectivity index (χ3n) is 4.41. The lowest BCUT2D eigenvalue weighted by molar-refractivity contribution is 0.0599. The number of methoxy groups -OCH3 is 1. The van der Waals surface area contributed by atoms with Crippen LogP contribution in [0, 0.1) is 13.8 Å². The first-order valence-electron chi connectivity index (χ1n) is 8.66. The normalized spacial score (nSPS) is 10.6. The van der Waals surface area contributed by atoms with Crippen molar-refractivity contribution in [2.45, 2.75) is 20.3 Å². The molecule has 3 N–H and O–H groups in total. The molecule has 7 heteroatoms. The number of benzene rings is 1. The molecule has 0 atom stereocenters. The van der Waals surface area contributed by atoms with Gasteiger partial charge in [0, 0.05) is 18.7 Å². The van der Waals surface area contributed by atoms with E-state index >= 15 is 0 Å². The van der Waals surface area contributed by atoms with Crippen molar-refractivity contribution in [1.82, 2.24) is 20.3 Å². The van der Waals surface area contributed by atoms with Crippen LogP contribution < -0.4 is 5.32 Å². The smallest absolute Gasteiger partial charge is 0.339 e. The summed E-state index contributed by atoms with van der Waals surface area (Å²) in [4.78, 5) is 34.8. The van der Waals surface area contributed by atoms with Gasteiger partial charge in [0.2, 0.25) is 0 Å². The Labute approximate surface area is 157 Å². The van der Waals surface area contributed by atoms with Crippen molar-refractivity contribution in [2.24, 2.45) is 0 Å². The van der Waals surface area contributed by atoms with Crippen LogP contribution in [0.15, 0.2) is 36.5 Å². The van der Waals surface area contributed by atoms with Gasteiger partial charge in [-0.15, -0.1) is 0 Å². The third kappa shape index (κ3) is 3.92. The number of carbonyl (C=O) groups excluding carboxylic acids is 2. The van der Waals surface area contributed by atoms with E-state index in [1.807, 2.05) is 30.3 Å². The van der Waals surface area contributed by atoms with E-state index in [2.05, 4.69) is 20.3 Å². The van der Waals surface area contributed by atoms with Crippen LogP contribution in [0.3, 0.4) is 0 Å². The first-order valence-corrected chi connectivity index (χ1v) is 8.66. The van der Waals surface area contributed by atoms with Crippen molar-refractivity contribution in [2.75, 3.05) is 13.7 Å². The maximum Gasteiger partial charge on any atom is 0.339 e. The summed E-state index contributed by atoms with van der Waals surface area (Å²) in [7, 11) is 1.32. The molecule has 0 saturated heterocycles. The van der Waals surface area contributed by atoms with Gasteiger partial charge in [-0.25, -0.2) is 9.78 Å². The molecule has 7 nitrogen and oxygen atoms in total. The zero-order chi connectivity index (χ0) is 19.4. The van der Waals surface area contributed by atoms with E-state index in [0.29, 0.717) is 35.5 Å². The molecule has 0 aliphatic heterocycles. The Bertz CT molecular complexity index is 957. The van der Waals surface area contributed by atoms with Gasteiger partial charge >= 0.3 is 5.97 Å². The van der Waals surface area contributed by atoms with E-state index in [1.165, 1.54) is 7.11 Å². The van der Waals surface area contributed by atoms with Crippen LogP contribution in [0.4, 0.5) is 0 Å². The lowest BCUT2D eigenvalue weighted by Gasteiger charge is -2.04. The van der Waals surface area contributed by atoms with Gasteiger partial charge in [-0.2, -0.15) is 0 Å². The van der Waals surface area contributed by atoms with E-state index in [1.54, 1.807) is 20.0 Å². The van der Waals surface area contributed by atoms with Crippen LogP contribution in [0.2, 0.25) is 0 Å². The molecule has 0 unspecified atom stereocenters. The number of imidazole rings is 1. The Kier molecular flexibility index (Phi) is 5.40. The first kappa shape index (κ1) is 18.4. The molecular formula is C20H22N4O3. The maximum absolute atomic E-state index is 12.4. The first-order chi connectivity index (χ1) is 13.0. The van der Waals surface area contributed by atoms with Gasteiger partial charge in [0.1, 0.15) is 11.5 Å². The van der Waals surface area contributed by atoms with Crippen LogP contribution in [0.1, 0.15) is 37.9 Å². The summed E-state index contributed by atoms with van der Waals surface area (Å²) < 4.78 is 4.77. The largest absolute Gasteiger partial charge is 0.465 e. The topological polar surface area (TPSA) is 99.9 Å². The minimum absolute atomic E-state index is 0.263. The fourth-order valence-electron chi connectivity index (χ4n) is 3.02. The van der Waals surface area contributed by atoms with Gasteiger partial charge in [-0.1, -0.05) is 30.3 Å². The molecule has 140 valence electrons. The number of aromatic amines is 2. The lowest BCUT2D eigenvalue weighted by Crippen LogP contribution is -2.27. The van der Waals surface area contributed by atoms with Gasteiger partial charge in [0.25, 0.3) is 5.91 Å². The highest BCUT2D eigenvalue weighted by molar-refractivity contribution is 6.00. The van der Waals surface area contributed by atoms with E-state index in [-0.39, 0.29) is 5.91 Å². The van der Waals surface area contributed by atoms with E-state index in [0.717, 1.165) is 17.1 Å². The summed E-state index contributed by atoms with van der Waals surface area (Å²) in [6.45, 7) is 3.89. The third-order valence-corrected chi connectivity index (χ3v) is 4.41. The minimum Gasteiger partial charge on any atom is -0.465 e. The van der Waals surface area contributed by atoms with E-state index < -0.39 is 5.97 Å². The van der Waals surface area contributed by atoms with Gasteiger partial charge in [-0.3, -0.25) is 4.79 Å². The number of nitrogens with one attached hydrogen (secondary N) is 3. The molecular weight excluding hydrogens is 344 g/mol. The number of ether oxygens (including phenoxy) is 1. The van der Waals surface area contributed by atoms with Crippen LogP contribution in [0.5, 0.6) is 0 Å². The Balaban J connectivity index is 1.61. The molecule has 1 amide bonds. The fraction of sp³-hybridized carbons (Fsp3) is 0.250. The summed E-state index contributed by atoms with van der Waals surface area (Å²) in [6.07, 6.45) is 2.36. The minimum atomic E-state index is -0.454. The number of aromatic nitrogens is 3. The van der Waals surface area contributed by atoms with Crippen molar-refractivity contribution in [3.8, 4) is 11.3 Å². The van der Waals surface area contributed by atoms with Gasteiger partial charge < -0.3 is 20.0 Å². The SMILES string of the molecule is COC(=O)c1c(C)[nH]c(C(=O)NCCc2ncc(-c3ccccc3)[nH]2)c1C. The monoisotopic (exact) mass is 366 g/mol. The second-order valence-electron chi connectivity index (χ2n) is 6.23. The highest BCUT2D eigenvalue weighted by Crippen LogP contribution is 2.19. The molecule has 0 aliphatic carbocycles. The maximum atomic E-state index is 12.4. The molecule has 3 rings (SSSR count). The summed E-state index contributed by atoms with van der Waals surface area (Å²) in [5.41, 5.74) is 3.98. The zero-order valence-corrected chi connectivity index (χ0v) is 15.6. The van der Waals surface area contributed by atoms with Crippen LogP contribution in [-0.2, 0) is 11.2 Å². The van der Waals surface area contributed by atoms with Crippen molar-refractivity contribution >= 4 is 11.9 Å². The summed E-state index contributed by atoms with van der Waals surface area (Å²) in [5, 5.41) is 2.85. The number of aryl methyl sites for hydroxylation is 1. The highest BCUT2D eigenvalue weighted by Gasteiger charge is 2.22. The van der Waals surface area contributed by atoms with Gasteiger partial charge in [-0.05, 0) is 25.0 Å². The lowest BCUT2D eigenvalue weighted by atomic mass is 10.1. The zero-order valence-electron chi connectivity index (χ0n) is 15.6. The number of rotatable bonds is 6. The van der Waals surface area contributed by atoms with Gasteiger partial charge in [0.05, 0.1) is 24.6 Å². The quantitative estimate of drug-likeness (QED) is 0.584. The molecule has 27 heavy (non-hydrogen) atoms. The number of hydrogen-bond donors (Lipinski definition) is 3. The number of nitrogens with zero attached hydrogens (tertiary/aromatic N) is 1. The van der Waals surface area contributed by atoms with E-state index in [4.69, 9.17) is 4.74 Å². The molecule has 0 saturated carbocycles. The standard InChI is InChI=1S/C20H22N4O3/c1-12-17(20(26)27-3)13(2)23-18(12)19(25)21-10-9-16-22-11-15(24-16)14-7-5-4-6-8-14/h4-8,11,23H,9-10H2,1-3H3,(H,21,25)(H,22,24). The number of hydrogen-bond acceptors (Lipinski definition) is 4. The number of H-pyrrole nitrogens is 2. The average molecular weight is 366 g/mol. The van der Waals surface area contributed by atoms with Crippen molar-refractivity contribution in [3.05, 3.63) is 64.9 Å². The molecule has 2 heterocycles. The Morgan fingerprint density at radius 2 is 1.89 bits per heavy atom. The predicted octanol–water partition coefficient (Wildman–Crippen LogP) is 2.78. The van der Waals surface area contributed by atoms with Crippen molar-refractivity contribution in [3.63, 3.8) is 0 Å². The van der Waals surface area contributed by atoms with Crippen LogP contribution >= 0.6 is 0 Å². The van der Waals surface area contributed by atoms with Gasteiger partial charge in [0.15, 0.2) is 0 Å². The Hall–Kier alpha value is -3.35. The molecule has 0 fully saturated rings. The van der Waals surface area contributed by atoms with Crippen LogP contribution in [0.25, 0.3) is 11.3 Å². The predicted molar refractivity (Wildman–Crippen MR) is 102 cm³/mol. The summed E-state index contributed by atoms with van der Waals surface area (Å²) in [5.74, 6) is 0.0775. The second kappa shape index (κ2) is 7.90. The molecule has 0 aliphatic rings. The number of carbonyl (C=O) groups is 2. The molecule has 0 bridgehead atoms. The fourth-order valence-corrected chi connectivity index (χ4v) is 3.02. The average Bonchev–Trinajstić information content (AvgIpc) is 3.26. The highest BCUT2D eigenvalue weighted by atomic mass is 16.5. The second-order valence-corrected chi connectivity index (χ2v) is 6.23. The summed E-state index contributed by atoms with van der Waals surface area (Å²) >= 11 is 0. The van der Waals surface area contributed by atoms with E-state index in [9.17, 15) is 9.59 Å².